The van der Waals surface area contributed by atoms with Gasteiger partial charge in [-0.2, -0.15) is 8.78 Å². The molecule has 2 N–H and O–H groups in total. The van der Waals surface area contributed by atoms with Crippen molar-refractivity contribution in [2.75, 3.05) is 18.0 Å². The van der Waals surface area contributed by atoms with Gasteiger partial charge in [-0.05, 0) is 36.7 Å². The van der Waals surface area contributed by atoms with Crippen LogP contribution < -0.4 is 15.4 Å². The van der Waals surface area contributed by atoms with Crippen LogP contribution in [0.15, 0.2) is 24.3 Å². The van der Waals surface area contributed by atoms with Gasteiger partial charge >= 0.3 is 6.61 Å². The highest BCUT2D eigenvalue weighted by Crippen LogP contribution is 2.26. The minimum atomic E-state index is -2.84. The van der Waals surface area contributed by atoms with Gasteiger partial charge in [0.05, 0.1) is 0 Å². The van der Waals surface area contributed by atoms with Crippen molar-refractivity contribution in [1.29, 1.82) is 0 Å². The Hall–Kier alpha value is -1.69. The second kappa shape index (κ2) is 5.30. The second-order valence-corrected chi connectivity index (χ2v) is 4.18. The van der Waals surface area contributed by atoms with Crippen molar-refractivity contribution in [2.24, 2.45) is 11.7 Å². The first-order valence-corrected chi connectivity index (χ1v) is 5.65. The van der Waals surface area contributed by atoms with Gasteiger partial charge in [0.1, 0.15) is 5.75 Å². The van der Waals surface area contributed by atoms with E-state index in [2.05, 4.69) is 4.74 Å². The number of carbonyl (C=O) groups is 1. The molecule has 0 saturated carbocycles. The average molecular weight is 256 g/mol. The highest BCUT2D eigenvalue weighted by molar-refractivity contribution is 5.95. The van der Waals surface area contributed by atoms with Crippen LogP contribution >= 0.6 is 0 Å². The third-order valence-corrected chi connectivity index (χ3v) is 2.91. The average Bonchev–Trinajstić information content (AvgIpc) is 2.71. The third-order valence-electron chi connectivity index (χ3n) is 2.91. The van der Waals surface area contributed by atoms with Gasteiger partial charge in [0.25, 0.3) is 0 Å². The standard InChI is InChI=1S/C12H14F2N2O2/c13-12(14)18-10-3-1-9(2-4-10)16-7-8(6-15)5-11(16)17/h1-4,8,12H,5-7,15H2. The minimum absolute atomic E-state index is 0.00739. The summed E-state index contributed by atoms with van der Waals surface area (Å²) in [6, 6.07) is 6.03. The molecule has 1 aromatic rings. The van der Waals surface area contributed by atoms with E-state index in [0.717, 1.165) is 0 Å². The topological polar surface area (TPSA) is 55.6 Å². The molecule has 1 atom stereocenters. The first-order chi connectivity index (χ1) is 8.60. The molecule has 1 saturated heterocycles. The van der Waals surface area contributed by atoms with Gasteiger partial charge in [-0.3, -0.25) is 4.79 Å². The number of nitrogens with two attached hydrogens (primary N) is 1. The highest BCUT2D eigenvalue weighted by atomic mass is 19.3. The lowest BCUT2D eigenvalue weighted by molar-refractivity contribution is -0.117. The monoisotopic (exact) mass is 256 g/mol. The zero-order valence-electron chi connectivity index (χ0n) is 9.68. The third kappa shape index (κ3) is 2.76. The minimum Gasteiger partial charge on any atom is -0.435 e. The van der Waals surface area contributed by atoms with Gasteiger partial charge in [0.15, 0.2) is 0 Å². The second-order valence-electron chi connectivity index (χ2n) is 4.18. The van der Waals surface area contributed by atoms with Crippen molar-refractivity contribution in [3.8, 4) is 5.75 Å². The molecular formula is C12H14F2N2O2. The van der Waals surface area contributed by atoms with Crippen molar-refractivity contribution >= 4 is 11.6 Å². The first kappa shape index (κ1) is 12.8. The van der Waals surface area contributed by atoms with E-state index in [1.165, 1.54) is 12.1 Å². The van der Waals surface area contributed by atoms with Gasteiger partial charge in [-0.15, -0.1) is 0 Å². The molecule has 0 aliphatic carbocycles. The van der Waals surface area contributed by atoms with E-state index in [0.29, 0.717) is 25.2 Å². The smallest absolute Gasteiger partial charge is 0.387 e. The van der Waals surface area contributed by atoms with Gasteiger partial charge in [-0.25, -0.2) is 0 Å². The summed E-state index contributed by atoms with van der Waals surface area (Å²) in [7, 11) is 0. The number of benzene rings is 1. The van der Waals surface area contributed by atoms with Crippen molar-refractivity contribution in [1.82, 2.24) is 0 Å². The fourth-order valence-corrected chi connectivity index (χ4v) is 2.00. The van der Waals surface area contributed by atoms with Gasteiger partial charge < -0.3 is 15.4 Å². The number of nitrogens with zero attached hydrogens (tertiary/aromatic N) is 1. The number of halogens is 2. The quantitative estimate of drug-likeness (QED) is 0.890. The van der Waals surface area contributed by atoms with Crippen LogP contribution in [0.5, 0.6) is 5.75 Å². The van der Waals surface area contributed by atoms with E-state index in [1.54, 1.807) is 17.0 Å². The van der Waals surface area contributed by atoms with E-state index in [4.69, 9.17) is 5.73 Å². The zero-order valence-corrected chi connectivity index (χ0v) is 9.68. The lowest BCUT2D eigenvalue weighted by atomic mass is 10.1. The Morgan fingerprint density at radius 3 is 2.56 bits per heavy atom. The Balaban J connectivity index is 2.08. The maximum atomic E-state index is 12.0. The molecule has 1 unspecified atom stereocenters. The van der Waals surface area contributed by atoms with Crippen LogP contribution in [-0.2, 0) is 4.79 Å². The molecule has 1 aromatic carbocycles. The van der Waals surface area contributed by atoms with Crippen molar-refractivity contribution in [3.05, 3.63) is 24.3 Å². The van der Waals surface area contributed by atoms with Gasteiger partial charge in [0.2, 0.25) is 5.91 Å². The summed E-state index contributed by atoms with van der Waals surface area (Å²) in [5, 5.41) is 0. The highest BCUT2D eigenvalue weighted by Gasteiger charge is 2.29. The summed E-state index contributed by atoms with van der Waals surface area (Å²) >= 11 is 0. The Kier molecular flexibility index (Phi) is 3.76. The van der Waals surface area contributed by atoms with E-state index < -0.39 is 6.61 Å². The molecule has 1 aliphatic heterocycles. The lowest BCUT2D eigenvalue weighted by Crippen LogP contribution is -2.25. The maximum Gasteiger partial charge on any atom is 0.387 e. The Bertz CT molecular complexity index is 423. The van der Waals surface area contributed by atoms with E-state index in [1.807, 2.05) is 0 Å². The molecule has 0 bridgehead atoms. The van der Waals surface area contributed by atoms with Crippen LogP contribution in [0, 0.1) is 5.92 Å². The molecule has 1 aliphatic rings. The number of rotatable bonds is 4. The fraction of sp³-hybridized carbons (Fsp3) is 0.417. The molecule has 2 rings (SSSR count). The number of anilines is 1. The van der Waals surface area contributed by atoms with E-state index >= 15 is 0 Å². The maximum absolute atomic E-state index is 12.0. The number of amides is 1. The summed E-state index contributed by atoms with van der Waals surface area (Å²) < 4.78 is 28.2. The van der Waals surface area contributed by atoms with Crippen molar-refractivity contribution in [3.63, 3.8) is 0 Å². The molecule has 0 radical (unpaired) electrons. The molecule has 18 heavy (non-hydrogen) atoms. The van der Waals surface area contributed by atoms with Crippen LogP contribution in [0.3, 0.4) is 0 Å². The predicted octanol–water partition coefficient (Wildman–Crippen LogP) is 1.60. The van der Waals surface area contributed by atoms with Gasteiger partial charge in [0, 0.05) is 18.7 Å². The molecule has 0 spiro atoms. The normalized spacial score (nSPS) is 19.7. The van der Waals surface area contributed by atoms with E-state index in [9.17, 15) is 13.6 Å². The lowest BCUT2D eigenvalue weighted by Gasteiger charge is -2.17. The first-order valence-electron chi connectivity index (χ1n) is 5.65. The number of alkyl halides is 2. The summed E-state index contributed by atoms with van der Waals surface area (Å²) in [6.07, 6.45) is 0.436. The summed E-state index contributed by atoms with van der Waals surface area (Å²) in [6.45, 7) is -1.80. The fourth-order valence-electron chi connectivity index (χ4n) is 2.00. The summed E-state index contributed by atoms with van der Waals surface area (Å²) in [4.78, 5) is 13.3. The Labute approximate surface area is 103 Å². The summed E-state index contributed by atoms with van der Waals surface area (Å²) in [5.74, 6) is 0.248. The number of carbonyl (C=O) groups excluding carboxylic acids is 1. The molecule has 1 fully saturated rings. The predicted molar refractivity (Wildman–Crippen MR) is 62.6 cm³/mol. The number of ether oxygens (including phenoxy) is 1. The van der Waals surface area contributed by atoms with Crippen LogP contribution in [0.2, 0.25) is 0 Å². The Morgan fingerprint density at radius 1 is 1.39 bits per heavy atom. The Morgan fingerprint density at radius 2 is 2.06 bits per heavy atom. The molecular weight excluding hydrogens is 242 g/mol. The van der Waals surface area contributed by atoms with Gasteiger partial charge in [-0.1, -0.05) is 0 Å². The van der Waals surface area contributed by atoms with Crippen LogP contribution in [0.25, 0.3) is 0 Å². The van der Waals surface area contributed by atoms with Crippen molar-refractivity contribution < 1.29 is 18.3 Å². The summed E-state index contributed by atoms with van der Waals surface area (Å²) in [5.41, 5.74) is 6.21. The zero-order chi connectivity index (χ0) is 13.1. The number of hydrogen-bond donors (Lipinski definition) is 1. The molecule has 6 heteroatoms. The molecule has 1 heterocycles. The van der Waals surface area contributed by atoms with Crippen LogP contribution in [0.1, 0.15) is 6.42 Å². The molecule has 98 valence electrons. The molecule has 1 amide bonds. The van der Waals surface area contributed by atoms with Crippen LogP contribution in [0.4, 0.5) is 14.5 Å². The van der Waals surface area contributed by atoms with Crippen LogP contribution in [-0.4, -0.2) is 25.6 Å². The van der Waals surface area contributed by atoms with E-state index in [-0.39, 0.29) is 17.6 Å². The molecule has 0 aromatic heterocycles. The SMILES string of the molecule is NCC1CC(=O)N(c2ccc(OC(F)F)cc2)C1. The van der Waals surface area contributed by atoms with Crippen molar-refractivity contribution in [2.45, 2.75) is 13.0 Å². The largest absolute Gasteiger partial charge is 0.435 e. The molecule has 4 nitrogen and oxygen atoms in total. The number of hydrogen-bond acceptors (Lipinski definition) is 3.